The van der Waals surface area contributed by atoms with Gasteiger partial charge in [-0.05, 0) is 32.6 Å². The number of nitrogens with one attached hydrogen (secondary N) is 2. The summed E-state index contributed by atoms with van der Waals surface area (Å²) in [7, 11) is 0. The standard InChI is InChI=1S/C20H30N4O5/c1-3-4-5-15(25)23-19(2)8-11-29-20(18(19)28)6-9-24(10-7-20)17(27)14-12-22-16(26)13-21-14/h12-13,18,28H,3-11H2,1-2H3,(H,22,26)(H,23,25)/t18-,19+/m1/s1. The number of aliphatic hydroxyl groups is 1. The fourth-order valence-corrected chi connectivity index (χ4v) is 4.24. The summed E-state index contributed by atoms with van der Waals surface area (Å²) in [5.41, 5.74) is -1.73. The number of amides is 2. The number of nitrogens with zero attached hydrogens (tertiary/aromatic N) is 2. The van der Waals surface area contributed by atoms with Gasteiger partial charge in [0.05, 0.1) is 17.3 Å². The molecule has 1 aromatic rings. The topological polar surface area (TPSA) is 125 Å². The van der Waals surface area contributed by atoms with E-state index in [0.717, 1.165) is 19.0 Å². The van der Waals surface area contributed by atoms with Crippen molar-refractivity contribution in [2.45, 2.75) is 69.6 Å². The molecule has 0 unspecified atom stereocenters. The monoisotopic (exact) mass is 406 g/mol. The first kappa shape index (κ1) is 21.4. The van der Waals surface area contributed by atoms with Crippen LogP contribution in [0.2, 0.25) is 0 Å². The number of likely N-dealkylation sites (tertiary alicyclic amines) is 1. The number of carbonyl (C=O) groups is 2. The van der Waals surface area contributed by atoms with Crippen LogP contribution in [0.3, 0.4) is 0 Å². The van der Waals surface area contributed by atoms with Crippen LogP contribution >= 0.6 is 0 Å². The van der Waals surface area contributed by atoms with Gasteiger partial charge in [-0.3, -0.25) is 14.4 Å². The molecule has 2 aliphatic rings. The van der Waals surface area contributed by atoms with Gasteiger partial charge in [-0.2, -0.15) is 0 Å². The molecule has 1 spiro atoms. The second-order valence-electron chi connectivity index (χ2n) is 8.22. The summed E-state index contributed by atoms with van der Waals surface area (Å²) < 4.78 is 6.02. The molecule has 2 aliphatic heterocycles. The number of ether oxygens (including phenoxy) is 1. The molecule has 2 fully saturated rings. The van der Waals surface area contributed by atoms with Crippen LogP contribution in [0.25, 0.3) is 0 Å². The smallest absolute Gasteiger partial charge is 0.273 e. The maximum Gasteiger partial charge on any atom is 0.273 e. The van der Waals surface area contributed by atoms with Crippen LogP contribution in [-0.4, -0.2) is 68.7 Å². The van der Waals surface area contributed by atoms with Crippen molar-refractivity contribution >= 4 is 11.8 Å². The Bertz CT molecular complexity index is 782. The lowest BCUT2D eigenvalue weighted by molar-refractivity contribution is -0.205. The zero-order valence-electron chi connectivity index (χ0n) is 17.1. The van der Waals surface area contributed by atoms with E-state index in [0.29, 0.717) is 45.4 Å². The van der Waals surface area contributed by atoms with E-state index in [1.165, 1.54) is 6.20 Å². The molecule has 1 aromatic heterocycles. The number of aliphatic hydroxyl groups excluding tert-OH is 1. The third-order valence-electron chi connectivity index (χ3n) is 6.08. The van der Waals surface area contributed by atoms with Crippen LogP contribution in [0.5, 0.6) is 0 Å². The lowest BCUT2D eigenvalue weighted by Crippen LogP contribution is -2.69. The molecule has 0 saturated carbocycles. The van der Waals surface area contributed by atoms with Gasteiger partial charge in [-0.25, -0.2) is 4.98 Å². The first-order valence-electron chi connectivity index (χ1n) is 10.3. The summed E-state index contributed by atoms with van der Waals surface area (Å²) in [6.07, 6.45) is 5.19. The minimum absolute atomic E-state index is 0.0535. The number of hydrogen-bond donors (Lipinski definition) is 3. The molecule has 2 atom stereocenters. The van der Waals surface area contributed by atoms with Gasteiger partial charge in [-0.15, -0.1) is 0 Å². The van der Waals surface area contributed by atoms with E-state index >= 15 is 0 Å². The molecule has 0 radical (unpaired) electrons. The Morgan fingerprint density at radius 2 is 2.10 bits per heavy atom. The molecule has 9 heteroatoms. The van der Waals surface area contributed by atoms with Crippen LogP contribution in [0, 0.1) is 0 Å². The lowest BCUT2D eigenvalue weighted by atomic mass is 9.73. The van der Waals surface area contributed by atoms with Gasteiger partial charge in [0.15, 0.2) is 0 Å². The van der Waals surface area contributed by atoms with Gasteiger partial charge < -0.3 is 25.0 Å². The molecule has 160 valence electrons. The first-order chi connectivity index (χ1) is 13.8. The Kier molecular flexibility index (Phi) is 6.38. The molecule has 0 bridgehead atoms. The molecular weight excluding hydrogens is 376 g/mol. The predicted molar refractivity (Wildman–Crippen MR) is 105 cm³/mol. The van der Waals surface area contributed by atoms with Crippen LogP contribution in [0.15, 0.2) is 17.2 Å². The fourth-order valence-electron chi connectivity index (χ4n) is 4.24. The van der Waals surface area contributed by atoms with Crippen LogP contribution in [0.4, 0.5) is 0 Å². The van der Waals surface area contributed by atoms with E-state index in [9.17, 15) is 19.5 Å². The minimum Gasteiger partial charge on any atom is -0.388 e. The van der Waals surface area contributed by atoms with E-state index in [4.69, 9.17) is 4.74 Å². The summed E-state index contributed by atoms with van der Waals surface area (Å²) in [5.74, 6) is -0.320. The molecule has 3 rings (SSSR count). The van der Waals surface area contributed by atoms with E-state index < -0.39 is 17.2 Å². The van der Waals surface area contributed by atoms with Crippen LogP contribution < -0.4 is 10.9 Å². The Morgan fingerprint density at radius 3 is 2.72 bits per heavy atom. The second kappa shape index (κ2) is 8.62. The third kappa shape index (κ3) is 4.51. The van der Waals surface area contributed by atoms with Crippen molar-refractivity contribution in [2.24, 2.45) is 0 Å². The highest BCUT2D eigenvalue weighted by Gasteiger charge is 2.54. The molecule has 2 saturated heterocycles. The first-order valence-corrected chi connectivity index (χ1v) is 10.3. The molecule has 2 amide bonds. The highest BCUT2D eigenvalue weighted by molar-refractivity contribution is 5.92. The largest absolute Gasteiger partial charge is 0.388 e. The average Bonchev–Trinajstić information content (AvgIpc) is 2.71. The number of rotatable bonds is 5. The zero-order chi connectivity index (χ0) is 21.1. The normalized spacial score (nSPS) is 26.3. The van der Waals surface area contributed by atoms with Gasteiger partial charge in [0, 0.05) is 32.3 Å². The number of aromatic amines is 1. The third-order valence-corrected chi connectivity index (χ3v) is 6.08. The molecule has 9 nitrogen and oxygen atoms in total. The van der Waals surface area contributed by atoms with E-state index in [-0.39, 0.29) is 23.1 Å². The van der Waals surface area contributed by atoms with Crippen molar-refractivity contribution in [3.63, 3.8) is 0 Å². The molecule has 0 aliphatic carbocycles. The Labute approximate surface area is 169 Å². The van der Waals surface area contributed by atoms with Crippen molar-refractivity contribution in [1.29, 1.82) is 0 Å². The molecule has 29 heavy (non-hydrogen) atoms. The summed E-state index contributed by atoms with van der Waals surface area (Å²) in [4.78, 5) is 44.0. The summed E-state index contributed by atoms with van der Waals surface area (Å²) in [6, 6.07) is 0. The molecular formula is C20H30N4O5. The van der Waals surface area contributed by atoms with Crippen molar-refractivity contribution in [3.05, 3.63) is 28.4 Å². The number of H-pyrrole nitrogens is 1. The number of aromatic nitrogens is 2. The van der Waals surface area contributed by atoms with E-state index in [1.807, 2.05) is 13.8 Å². The quantitative estimate of drug-likeness (QED) is 0.657. The predicted octanol–water partition coefficient (Wildman–Crippen LogP) is 0.591. The van der Waals surface area contributed by atoms with Crippen molar-refractivity contribution in [3.8, 4) is 0 Å². The van der Waals surface area contributed by atoms with Crippen molar-refractivity contribution in [1.82, 2.24) is 20.2 Å². The fraction of sp³-hybridized carbons (Fsp3) is 0.700. The number of carbonyl (C=O) groups excluding carboxylic acids is 2. The summed E-state index contributed by atoms with van der Waals surface area (Å²) in [5, 5.41) is 14.2. The SMILES string of the molecule is CCCCC(=O)N[C@@]1(C)CCOC2(CCN(C(=O)c3c[nH]c(=O)cn3)CC2)[C@@H]1O. The highest BCUT2D eigenvalue weighted by atomic mass is 16.5. The van der Waals surface area contributed by atoms with Crippen LogP contribution in [-0.2, 0) is 9.53 Å². The van der Waals surface area contributed by atoms with E-state index in [2.05, 4.69) is 15.3 Å². The van der Waals surface area contributed by atoms with Crippen LogP contribution in [0.1, 0.15) is 62.9 Å². The van der Waals surface area contributed by atoms with Crippen molar-refractivity contribution in [2.75, 3.05) is 19.7 Å². The van der Waals surface area contributed by atoms with Gasteiger partial charge in [0.1, 0.15) is 11.8 Å². The van der Waals surface area contributed by atoms with Gasteiger partial charge in [0.2, 0.25) is 5.91 Å². The summed E-state index contributed by atoms with van der Waals surface area (Å²) >= 11 is 0. The zero-order valence-corrected chi connectivity index (χ0v) is 17.1. The molecule has 3 N–H and O–H groups in total. The Morgan fingerprint density at radius 1 is 1.38 bits per heavy atom. The van der Waals surface area contributed by atoms with Gasteiger partial charge in [0.25, 0.3) is 11.5 Å². The second-order valence-corrected chi connectivity index (χ2v) is 8.22. The average molecular weight is 406 g/mol. The Balaban J connectivity index is 1.65. The summed E-state index contributed by atoms with van der Waals surface area (Å²) in [6.45, 7) is 5.14. The minimum atomic E-state index is -0.863. The van der Waals surface area contributed by atoms with Gasteiger partial charge >= 0.3 is 0 Å². The number of piperidine rings is 1. The maximum atomic E-state index is 12.6. The highest BCUT2D eigenvalue weighted by Crippen LogP contribution is 2.40. The molecule has 3 heterocycles. The number of unbranched alkanes of at least 4 members (excludes halogenated alkanes) is 1. The molecule has 0 aromatic carbocycles. The Hall–Kier alpha value is -2.26. The van der Waals surface area contributed by atoms with Crippen molar-refractivity contribution < 1.29 is 19.4 Å². The maximum absolute atomic E-state index is 12.6. The lowest BCUT2D eigenvalue weighted by Gasteiger charge is -2.53. The van der Waals surface area contributed by atoms with E-state index in [1.54, 1.807) is 4.90 Å². The van der Waals surface area contributed by atoms with Gasteiger partial charge in [-0.1, -0.05) is 13.3 Å². The number of hydrogen-bond acceptors (Lipinski definition) is 6.